The molecule has 0 fully saturated rings. The summed E-state index contributed by atoms with van der Waals surface area (Å²) in [6, 6.07) is 7.27. The molecule has 2 N–H and O–H groups in total. The van der Waals surface area contributed by atoms with Gasteiger partial charge in [-0.2, -0.15) is 5.10 Å². The topological polar surface area (TPSA) is 82.5 Å². The van der Waals surface area contributed by atoms with Crippen LogP contribution in [0.4, 0.5) is 0 Å². The highest BCUT2D eigenvalue weighted by molar-refractivity contribution is 6.03. The maximum atomic E-state index is 11.5. The number of hydrogen-bond acceptors (Lipinski definition) is 4. The van der Waals surface area contributed by atoms with Crippen molar-refractivity contribution in [1.29, 1.82) is 0 Å². The number of amides is 1. The summed E-state index contributed by atoms with van der Waals surface area (Å²) in [6.45, 7) is 1.76. The normalized spacial score (nSPS) is 11.1. The van der Waals surface area contributed by atoms with Crippen molar-refractivity contribution in [3.05, 3.63) is 35.7 Å². The Kier molecular flexibility index (Phi) is 2.38. The molecule has 0 aliphatic rings. The van der Waals surface area contributed by atoms with Crippen LogP contribution in [0.2, 0.25) is 0 Å². The number of carbonyl (C=O) groups excluding carboxylic acids is 1. The van der Waals surface area contributed by atoms with E-state index < -0.39 is 5.91 Å². The summed E-state index contributed by atoms with van der Waals surface area (Å²) in [5.74, 6) is 0.714. The highest BCUT2D eigenvalue weighted by Crippen LogP contribution is 2.27. The van der Waals surface area contributed by atoms with E-state index in [4.69, 9.17) is 10.5 Å². The van der Waals surface area contributed by atoms with Gasteiger partial charge in [-0.1, -0.05) is 12.1 Å². The van der Waals surface area contributed by atoms with Gasteiger partial charge in [-0.3, -0.25) is 4.79 Å². The predicted octanol–water partition coefficient (Wildman–Crippen LogP) is 1.30. The number of fused-ring (bicyclic) bond motifs is 3. The molecule has 0 bridgehead atoms. The van der Waals surface area contributed by atoms with Crippen LogP contribution in [0.5, 0.6) is 5.75 Å². The molecule has 1 amide bonds. The lowest BCUT2D eigenvalue weighted by molar-refractivity contribution is 0.100. The van der Waals surface area contributed by atoms with Crippen LogP contribution in [0.25, 0.3) is 16.6 Å². The summed E-state index contributed by atoms with van der Waals surface area (Å²) in [7, 11) is 1.59. The average molecular weight is 256 g/mol. The third-order valence-corrected chi connectivity index (χ3v) is 2.98. The molecule has 0 unspecified atom stereocenters. The lowest BCUT2D eigenvalue weighted by Crippen LogP contribution is -2.13. The van der Waals surface area contributed by atoms with Gasteiger partial charge in [-0.05, 0) is 19.1 Å². The van der Waals surface area contributed by atoms with Crippen LogP contribution in [0.1, 0.15) is 16.2 Å². The van der Waals surface area contributed by atoms with E-state index >= 15 is 0 Å². The second-order valence-corrected chi connectivity index (χ2v) is 4.21. The number of ether oxygens (including phenoxy) is 1. The standard InChI is InChI=1S/C13H12N4O2/c1-7-15-13-9(12(14)18)6-8-4-3-5-10(19-2)11(8)17(13)16-7/h3-6H,1-2H3,(H2,14,18). The van der Waals surface area contributed by atoms with Crippen LogP contribution in [-0.2, 0) is 0 Å². The van der Waals surface area contributed by atoms with Gasteiger partial charge >= 0.3 is 0 Å². The van der Waals surface area contributed by atoms with Crippen LogP contribution in [0.3, 0.4) is 0 Å². The van der Waals surface area contributed by atoms with Crippen molar-refractivity contribution in [2.24, 2.45) is 5.73 Å². The van der Waals surface area contributed by atoms with Crippen molar-refractivity contribution in [2.75, 3.05) is 7.11 Å². The molecule has 19 heavy (non-hydrogen) atoms. The molecule has 2 aromatic heterocycles. The number of aromatic nitrogens is 3. The van der Waals surface area contributed by atoms with Crippen LogP contribution < -0.4 is 10.5 Å². The van der Waals surface area contributed by atoms with Gasteiger partial charge in [-0.15, -0.1) is 0 Å². The number of benzene rings is 1. The van der Waals surface area contributed by atoms with Gasteiger partial charge in [0.15, 0.2) is 5.65 Å². The molecule has 0 radical (unpaired) electrons. The van der Waals surface area contributed by atoms with E-state index in [0.717, 1.165) is 10.9 Å². The lowest BCUT2D eigenvalue weighted by Gasteiger charge is -2.08. The number of pyridine rings is 1. The summed E-state index contributed by atoms with van der Waals surface area (Å²) in [4.78, 5) is 15.8. The molecule has 3 aromatic rings. The first-order valence-electron chi connectivity index (χ1n) is 5.74. The summed E-state index contributed by atoms with van der Waals surface area (Å²) in [5, 5.41) is 5.14. The van der Waals surface area contributed by atoms with Gasteiger partial charge < -0.3 is 10.5 Å². The molecule has 0 saturated carbocycles. The molecule has 0 aliphatic carbocycles. The molecule has 0 spiro atoms. The van der Waals surface area contributed by atoms with Gasteiger partial charge in [0.25, 0.3) is 5.91 Å². The summed E-state index contributed by atoms with van der Waals surface area (Å²) >= 11 is 0. The fourth-order valence-electron chi connectivity index (χ4n) is 2.19. The number of hydrogen-bond donors (Lipinski definition) is 1. The number of primary amides is 1. The second-order valence-electron chi connectivity index (χ2n) is 4.21. The number of nitrogens with two attached hydrogens (primary N) is 1. The van der Waals surface area contributed by atoms with Crippen molar-refractivity contribution in [1.82, 2.24) is 14.6 Å². The smallest absolute Gasteiger partial charge is 0.252 e. The Morgan fingerprint density at radius 1 is 1.42 bits per heavy atom. The Labute approximate surface area is 108 Å². The zero-order valence-corrected chi connectivity index (χ0v) is 10.5. The van der Waals surface area contributed by atoms with Gasteiger partial charge in [0.2, 0.25) is 0 Å². The van der Waals surface area contributed by atoms with Gasteiger partial charge in [0, 0.05) is 5.39 Å². The van der Waals surface area contributed by atoms with Crippen molar-refractivity contribution in [3.63, 3.8) is 0 Å². The van der Waals surface area contributed by atoms with Gasteiger partial charge in [-0.25, -0.2) is 9.50 Å². The van der Waals surface area contributed by atoms with Crippen LogP contribution in [-0.4, -0.2) is 27.6 Å². The molecule has 0 aliphatic heterocycles. The molecule has 6 heteroatoms. The SMILES string of the molecule is COc1cccc2cc(C(N)=O)c3nc(C)nn3c12. The fraction of sp³-hybridized carbons (Fsp3) is 0.154. The highest BCUT2D eigenvalue weighted by atomic mass is 16.5. The summed E-state index contributed by atoms with van der Waals surface area (Å²) < 4.78 is 6.94. The van der Waals surface area contributed by atoms with Crippen LogP contribution in [0, 0.1) is 6.92 Å². The lowest BCUT2D eigenvalue weighted by atomic mass is 10.1. The molecule has 2 heterocycles. The zero-order chi connectivity index (χ0) is 13.6. The van der Waals surface area contributed by atoms with Crippen molar-refractivity contribution in [2.45, 2.75) is 6.92 Å². The third-order valence-electron chi connectivity index (χ3n) is 2.98. The molecule has 0 saturated heterocycles. The Hall–Kier alpha value is -2.63. The highest BCUT2D eigenvalue weighted by Gasteiger charge is 2.16. The molecule has 6 nitrogen and oxygen atoms in total. The van der Waals surface area contributed by atoms with E-state index in [0.29, 0.717) is 22.8 Å². The molecule has 0 atom stereocenters. The fourth-order valence-corrected chi connectivity index (χ4v) is 2.19. The Morgan fingerprint density at radius 3 is 2.89 bits per heavy atom. The zero-order valence-electron chi connectivity index (χ0n) is 10.5. The molecule has 96 valence electrons. The predicted molar refractivity (Wildman–Crippen MR) is 70.3 cm³/mol. The van der Waals surface area contributed by atoms with E-state index in [1.54, 1.807) is 24.6 Å². The monoisotopic (exact) mass is 256 g/mol. The number of aryl methyl sites for hydroxylation is 1. The molecule has 1 aromatic carbocycles. The summed E-state index contributed by atoms with van der Waals surface area (Å²) in [5.41, 5.74) is 6.96. The minimum atomic E-state index is -0.526. The number of rotatable bonds is 2. The average Bonchev–Trinajstić information content (AvgIpc) is 2.77. The molecule has 3 rings (SSSR count). The van der Waals surface area contributed by atoms with Crippen molar-refractivity contribution < 1.29 is 9.53 Å². The van der Waals surface area contributed by atoms with E-state index in [-0.39, 0.29) is 0 Å². The van der Waals surface area contributed by atoms with Gasteiger partial charge in [0.1, 0.15) is 17.1 Å². The van der Waals surface area contributed by atoms with Crippen LogP contribution >= 0.6 is 0 Å². The first-order valence-corrected chi connectivity index (χ1v) is 5.74. The van der Waals surface area contributed by atoms with Crippen LogP contribution in [0.15, 0.2) is 24.3 Å². The van der Waals surface area contributed by atoms with E-state index in [1.165, 1.54) is 0 Å². The van der Waals surface area contributed by atoms with E-state index in [1.807, 2.05) is 18.2 Å². The molecular weight excluding hydrogens is 244 g/mol. The van der Waals surface area contributed by atoms with Crippen molar-refractivity contribution >= 4 is 22.5 Å². The Bertz CT molecular complexity index is 807. The minimum Gasteiger partial charge on any atom is -0.494 e. The Morgan fingerprint density at radius 2 is 2.21 bits per heavy atom. The minimum absolute atomic E-state index is 0.348. The number of para-hydroxylation sites is 1. The van der Waals surface area contributed by atoms with Crippen molar-refractivity contribution in [3.8, 4) is 5.75 Å². The maximum Gasteiger partial charge on any atom is 0.252 e. The summed E-state index contributed by atoms with van der Waals surface area (Å²) in [6.07, 6.45) is 0. The largest absolute Gasteiger partial charge is 0.494 e. The van der Waals surface area contributed by atoms with E-state index in [9.17, 15) is 4.79 Å². The second kappa shape index (κ2) is 3.94. The van der Waals surface area contributed by atoms with Gasteiger partial charge in [0.05, 0.1) is 12.7 Å². The molecular formula is C13H12N4O2. The number of carbonyl (C=O) groups is 1. The Balaban J connectivity index is 2.58. The first-order chi connectivity index (χ1) is 9.11. The number of methoxy groups -OCH3 is 1. The first kappa shape index (κ1) is 11.5. The number of nitrogens with zero attached hydrogens (tertiary/aromatic N) is 3. The third kappa shape index (κ3) is 1.61. The van der Waals surface area contributed by atoms with E-state index in [2.05, 4.69) is 10.1 Å². The quantitative estimate of drug-likeness (QED) is 0.749. The maximum absolute atomic E-state index is 11.5.